The van der Waals surface area contributed by atoms with Gasteiger partial charge in [-0.25, -0.2) is 0 Å². The molecule has 10 heavy (non-hydrogen) atoms. The van der Waals surface area contributed by atoms with Crippen molar-refractivity contribution in [3.05, 3.63) is 14.9 Å². The quantitative estimate of drug-likeness (QED) is 0.502. The average Bonchev–Trinajstić information content (AvgIpc) is 1.68. The molecular formula is C7H18O2Ti. The minimum absolute atomic E-state index is 0. The van der Waals surface area contributed by atoms with Crippen LogP contribution >= 0.6 is 0 Å². The topological polar surface area (TPSA) is 40.5 Å². The van der Waals surface area contributed by atoms with Crippen LogP contribution in [0.5, 0.6) is 0 Å². The number of aliphatic hydroxyl groups is 2. The van der Waals surface area contributed by atoms with Crippen molar-refractivity contribution in [2.75, 3.05) is 13.2 Å². The summed E-state index contributed by atoms with van der Waals surface area (Å²) in [6, 6.07) is 0. The van der Waals surface area contributed by atoms with Gasteiger partial charge in [0.1, 0.15) is 0 Å². The Morgan fingerprint density at radius 2 is 1.60 bits per heavy atom. The number of rotatable bonds is 3. The second-order valence-corrected chi connectivity index (χ2v) is 1.80. The van der Waals surface area contributed by atoms with E-state index in [1.54, 1.807) is 0 Å². The van der Waals surface area contributed by atoms with Crippen molar-refractivity contribution in [3.8, 4) is 0 Å². The zero-order valence-electron chi connectivity index (χ0n) is 7.09. The molecule has 1 unspecified atom stereocenters. The van der Waals surface area contributed by atoms with E-state index in [1.165, 1.54) is 0 Å². The van der Waals surface area contributed by atoms with Gasteiger partial charge in [0.25, 0.3) is 0 Å². The molecule has 0 aromatic heterocycles. The molecule has 0 aliphatic rings. The summed E-state index contributed by atoms with van der Waals surface area (Å²) in [4.78, 5) is 0. The molecule has 0 saturated carbocycles. The third-order valence-electron chi connectivity index (χ3n) is 0.934. The van der Waals surface area contributed by atoms with E-state index in [1.807, 2.05) is 6.92 Å². The van der Waals surface area contributed by atoms with E-state index in [4.69, 9.17) is 10.2 Å². The standard InChI is InChI=1S/C5H12O2.2CH3.Ti/c1-5(4-7)2-3-6;;;/h5-7H,2-4H2,1H3;2*1H3;/q;2*-1;+2. The zero-order valence-corrected chi connectivity index (χ0v) is 8.65. The van der Waals surface area contributed by atoms with Gasteiger partial charge in [0.2, 0.25) is 0 Å². The monoisotopic (exact) mass is 182 g/mol. The van der Waals surface area contributed by atoms with Gasteiger partial charge in [-0.2, -0.15) is 0 Å². The first kappa shape index (κ1) is 22.4. The predicted molar refractivity (Wildman–Crippen MR) is 40.8 cm³/mol. The van der Waals surface area contributed by atoms with Crippen LogP contribution in [0.25, 0.3) is 0 Å². The summed E-state index contributed by atoms with van der Waals surface area (Å²) >= 11 is 0. The Balaban J connectivity index is -0.0000000600. The first-order valence-corrected chi connectivity index (χ1v) is 2.53. The van der Waals surface area contributed by atoms with Crippen LogP contribution in [-0.2, 0) is 21.7 Å². The molecule has 0 spiro atoms. The van der Waals surface area contributed by atoms with E-state index in [0.29, 0.717) is 6.42 Å². The predicted octanol–water partition coefficient (Wildman–Crippen LogP) is 0.895. The van der Waals surface area contributed by atoms with E-state index in [0.717, 1.165) is 0 Å². The van der Waals surface area contributed by atoms with Crippen molar-refractivity contribution in [1.82, 2.24) is 0 Å². The molecular weight excluding hydrogens is 164 g/mol. The van der Waals surface area contributed by atoms with Crippen LogP contribution in [0.4, 0.5) is 0 Å². The fourth-order valence-electron chi connectivity index (χ4n) is 0.312. The van der Waals surface area contributed by atoms with Crippen LogP contribution in [0.1, 0.15) is 13.3 Å². The van der Waals surface area contributed by atoms with Gasteiger partial charge >= 0.3 is 21.7 Å². The van der Waals surface area contributed by atoms with Gasteiger partial charge in [-0.1, -0.05) is 6.92 Å². The molecule has 2 N–H and O–H groups in total. The molecule has 2 nitrogen and oxygen atoms in total. The molecule has 0 saturated heterocycles. The molecule has 0 aliphatic heterocycles. The summed E-state index contributed by atoms with van der Waals surface area (Å²) in [5.41, 5.74) is 0. The summed E-state index contributed by atoms with van der Waals surface area (Å²) in [7, 11) is 0. The molecule has 0 aromatic rings. The molecule has 1 atom stereocenters. The Labute approximate surface area is 79.5 Å². The van der Waals surface area contributed by atoms with Gasteiger partial charge < -0.3 is 25.1 Å². The Hall–Kier alpha value is 0.634. The Morgan fingerprint density at radius 1 is 1.20 bits per heavy atom. The second kappa shape index (κ2) is 16.3. The largest absolute Gasteiger partial charge is 2.00 e. The third-order valence-corrected chi connectivity index (χ3v) is 0.934. The minimum atomic E-state index is 0. The number of hydrogen-bond acceptors (Lipinski definition) is 2. The molecule has 0 aromatic carbocycles. The van der Waals surface area contributed by atoms with E-state index >= 15 is 0 Å². The second-order valence-electron chi connectivity index (χ2n) is 1.80. The van der Waals surface area contributed by atoms with Crippen molar-refractivity contribution < 1.29 is 31.9 Å². The van der Waals surface area contributed by atoms with Gasteiger partial charge in [-0.15, -0.1) is 0 Å². The maximum absolute atomic E-state index is 8.35. The summed E-state index contributed by atoms with van der Waals surface area (Å²) in [5.74, 6) is 0.255. The van der Waals surface area contributed by atoms with Gasteiger partial charge in [-0.3, -0.25) is 0 Å². The smallest absolute Gasteiger partial charge is 0.396 e. The molecule has 0 rings (SSSR count). The van der Waals surface area contributed by atoms with E-state index in [9.17, 15) is 0 Å². The Bertz CT molecular complexity index is 42.6. The van der Waals surface area contributed by atoms with Gasteiger partial charge in [0, 0.05) is 13.2 Å². The molecule has 62 valence electrons. The molecule has 0 aliphatic carbocycles. The fraction of sp³-hybridized carbons (Fsp3) is 0.714. The fourth-order valence-corrected chi connectivity index (χ4v) is 0.312. The van der Waals surface area contributed by atoms with Crippen LogP contribution in [-0.4, -0.2) is 23.4 Å². The van der Waals surface area contributed by atoms with E-state index in [-0.39, 0.29) is 55.7 Å². The SMILES string of the molecule is CC(CO)CCO.[CH3-].[CH3-].[Ti+2]. The van der Waals surface area contributed by atoms with Crippen LogP contribution < -0.4 is 0 Å². The van der Waals surface area contributed by atoms with Gasteiger partial charge in [0.05, 0.1) is 0 Å². The van der Waals surface area contributed by atoms with Crippen LogP contribution in [0.2, 0.25) is 0 Å². The molecule has 0 heterocycles. The number of aliphatic hydroxyl groups excluding tert-OH is 2. The maximum Gasteiger partial charge on any atom is 2.00 e. The zero-order chi connectivity index (χ0) is 5.70. The van der Waals surface area contributed by atoms with Crippen LogP contribution in [0.3, 0.4) is 0 Å². The first-order valence-electron chi connectivity index (χ1n) is 2.53. The van der Waals surface area contributed by atoms with Crippen molar-refractivity contribution in [3.63, 3.8) is 0 Å². The molecule has 0 fully saturated rings. The van der Waals surface area contributed by atoms with Gasteiger partial charge in [0.15, 0.2) is 0 Å². The summed E-state index contributed by atoms with van der Waals surface area (Å²) in [5, 5.41) is 16.6. The summed E-state index contributed by atoms with van der Waals surface area (Å²) < 4.78 is 0. The molecule has 3 heteroatoms. The van der Waals surface area contributed by atoms with E-state index < -0.39 is 0 Å². The first-order chi connectivity index (χ1) is 3.31. The van der Waals surface area contributed by atoms with E-state index in [2.05, 4.69) is 0 Å². The average molecular weight is 182 g/mol. The summed E-state index contributed by atoms with van der Waals surface area (Å²) in [6.45, 7) is 2.26. The Kier molecular flexibility index (Phi) is 36.6. The molecule has 0 amide bonds. The molecule has 0 radical (unpaired) electrons. The van der Waals surface area contributed by atoms with Crippen molar-refractivity contribution in [2.24, 2.45) is 5.92 Å². The van der Waals surface area contributed by atoms with Crippen molar-refractivity contribution in [2.45, 2.75) is 13.3 Å². The van der Waals surface area contributed by atoms with Crippen molar-refractivity contribution in [1.29, 1.82) is 0 Å². The third kappa shape index (κ3) is 15.9. The Morgan fingerprint density at radius 3 is 1.70 bits per heavy atom. The van der Waals surface area contributed by atoms with Crippen molar-refractivity contribution >= 4 is 0 Å². The van der Waals surface area contributed by atoms with Crippen LogP contribution in [0, 0.1) is 20.8 Å². The summed E-state index contributed by atoms with van der Waals surface area (Å²) in [6.07, 6.45) is 0.705. The van der Waals surface area contributed by atoms with Gasteiger partial charge in [-0.05, 0) is 12.3 Å². The maximum atomic E-state index is 8.35. The minimum Gasteiger partial charge on any atom is -0.396 e. The normalized spacial score (nSPS) is 9.90. The molecule has 0 bridgehead atoms. The number of hydrogen-bond donors (Lipinski definition) is 2. The van der Waals surface area contributed by atoms with Crippen LogP contribution in [0.15, 0.2) is 0 Å².